The summed E-state index contributed by atoms with van der Waals surface area (Å²) >= 11 is 1.81. The van der Waals surface area contributed by atoms with E-state index in [2.05, 4.69) is 6.07 Å². The standard InChI is InChI=1S/C9H11NOS/c10-9-5-6-12-8-4-2-1-3-7(8)11-9/h1-4,9H,5-6,10H2/t9-/m1/s1. The second kappa shape index (κ2) is 3.37. The molecule has 1 atom stereocenters. The van der Waals surface area contributed by atoms with Gasteiger partial charge in [0.15, 0.2) is 0 Å². The van der Waals surface area contributed by atoms with Gasteiger partial charge in [0.05, 0.1) is 0 Å². The fourth-order valence-electron chi connectivity index (χ4n) is 1.17. The monoisotopic (exact) mass is 181 g/mol. The van der Waals surface area contributed by atoms with E-state index in [1.807, 2.05) is 30.0 Å². The van der Waals surface area contributed by atoms with E-state index in [-0.39, 0.29) is 6.23 Å². The highest BCUT2D eigenvalue weighted by Crippen LogP contribution is 2.32. The number of thioether (sulfide) groups is 1. The van der Waals surface area contributed by atoms with Crippen LogP contribution in [0.2, 0.25) is 0 Å². The first kappa shape index (κ1) is 7.95. The molecule has 0 unspecified atom stereocenters. The van der Waals surface area contributed by atoms with Crippen LogP contribution in [0.15, 0.2) is 29.2 Å². The van der Waals surface area contributed by atoms with E-state index < -0.39 is 0 Å². The van der Waals surface area contributed by atoms with Crippen LogP contribution in [0.4, 0.5) is 0 Å². The maximum atomic E-state index is 5.71. The third kappa shape index (κ3) is 1.57. The first-order chi connectivity index (χ1) is 5.86. The summed E-state index contributed by atoms with van der Waals surface area (Å²) in [6, 6.07) is 8.02. The normalized spacial score (nSPS) is 22.2. The number of hydrogen-bond acceptors (Lipinski definition) is 3. The minimum Gasteiger partial charge on any atom is -0.474 e. The van der Waals surface area contributed by atoms with Gasteiger partial charge in [0.25, 0.3) is 0 Å². The molecule has 0 bridgehead atoms. The Morgan fingerprint density at radius 3 is 3.17 bits per heavy atom. The molecule has 0 aromatic heterocycles. The van der Waals surface area contributed by atoms with Crippen molar-refractivity contribution in [2.75, 3.05) is 5.75 Å². The molecule has 1 aliphatic heterocycles. The molecule has 0 saturated carbocycles. The van der Waals surface area contributed by atoms with E-state index in [1.165, 1.54) is 4.90 Å². The van der Waals surface area contributed by atoms with Crippen LogP contribution in [0, 0.1) is 0 Å². The van der Waals surface area contributed by atoms with Crippen LogP contribution >= 0.6 is 11.8 Å². The molecule has 0 radical (unpaired) electrons. The van der Waals surface area contributed by atoms with Crippen LogP contribution in [0.5, 0.6) is 5.75 Å². The zero-order valence-corrected chi connectivity index (χ0v) is 7.51. The Labute approximate surface area is 76.1 Å². The molecule has 3 heteroatoms. The maximum absolute atomic E-state index is 5.71. The van der Waals surface area contributed by atoms with Crippen molar-refractivity contribution in [3.05, 3.63) is 24.3 Å². The Kier molecular flexibility index (Phi) is 2.23. The molecule has 1 aliphatic rings. The summed E-state index contributed by atoms with van der Waals surface area (Å²) in [5.74, 6) is 1.96. The van der Waals surface area contributed by atoms with Gasteiger partial charge in [-0.2, -0.15) is 0 Å². The summed E-state index contributed by atoms with van der Waals surface area (Å²) in [4.78, 5) is 1.20. The van der Waals surface area contributed by atoms with Crippen LogP contribution < -0.4 is 10.5 Å². The van der Waals surface area contributed by atoms with Gasteiger partial charge in [-0.15, -0.1) is 11.8 Å². The second-order valence-corrected chi connectivity index (χ2v) is 3.88. The van der Waals surface area contributed by atoms with E-state index in [9.17, 15) is 0 Å². The fourth-order valence-corrected chi connectivity index (χ4v) is 2.18. The van der Waals surface area contributed by atoms with Crippen molar-refractivity contribution in [3.63, 3.8) is 0 Å². The highest BCUT2D eigenvalue weighted by atomic mass is 32.2. The highest BCUT2D eigenvalue weighted by molar-refractivity contribution is 7.99. The zero-order valence-electron chi connectivity index (χ0n) is 6.69. The number of para-hydroxylation sites is 1. The minimum absolute atomic E-state index is 0.138. The summed E-state index contributed by atoms with van der Waals surface area (Å²) < 4.78 is 5.51. The number of hydrogen-bond donors (Lipinski definition) is 1. The fraction of sp³-hybridized carbons (Fsp3) is 0.333. The molecule has 1 heterocycles. The lowest BCUT2D eigenvalue weighted by molar-refractivity contribution is 0.204. The average molecular weight is 181 g/mol. The van der Waals surface area contributed by atoms with Gasteiger partial charge in [-0.3, -0.25) is 5.73 Å². The van der Waals surface area contributed by atoms with Gasteiger partial charge in [0.2, 0.25) is 0 Å². The first-order valence-corrected chi connectivity index (χ1v) is 4.99. The maximum Gasteiger partial charge on any atom is 0.148 e. The summed E-state index contributed by atoms with van der Waals surface area (Å²) in [6.45, 7) is 0. The molecule has 2 rings (SSSR count). The van der Waals surface area contributed by atoms with Gasteiger partial charge in [0.1, 0.15) is 12.0 Å². The topological polar surface area (TPSA) is 35.2 Å². The molecule has 12 heavy (non-hydrogen) atoms. The molecule has 0 spiro atoms. The van der Waals surface area contributed by atoms with Gasteiger partial charge < -0.3 is 4.74 Å². The van der Waals surface area contributed by atoms with Crippen molar-refractivity contribution < 1.29 is 4.74 Å². The smallest absolute Gasteiger partial charge is 0.148 e. The molecule has 64 valence electrons. The SMILES string of the molecule is N[C@H]1CCSc2ccccc2O1. The van der Waals surface area contributed by atoms with Crippen molar-refractivity contribution in [1.82, 2.24) is 0 Å². The van der Waals surface area contributed by atoms with Crippen LogP contribution in [0.25, 0.3) is 0 Å². The molecule has 0 saturated heterocycles. The predicted octanol–water partition coefficient (Wildman–Crippen LogP) is 1.85. The minimum atomic E-state index is -0.138. The van der Waals surface area contributed by atoms with Crippen molar-refractivity contribution in [1.29, 1.82) is 0 Å². The van der Waals surface area contributed by atoms with E-state index >= 15 is 0 Å². The Bertz CT molecular complexity index is 277. The second-order valence-electron chi connectivity index (χ2n) is 2.74. The van der Waals surface area contributed by atoms with Crippen LogP contribution in [-0.4, -0.2) is 12.0 Å². The largest absolute Gasteiger partial charge is 0.474 e. The molecule has 0 fully saturated rings. The van der Waals surface area contributed by atoms with Crippen LogP contribution in [-0.2, 0) is 0 Å². The third-order valence-corrected chi connectivity index (χ3v) is 2.88. The summed E-state index contributed by atoms with van der Waals surface area (Å²) in [7, 11) is 0. The quantitative estimate of drug-likeness (QED) is 0.663. The summed E-state index contributed by atoms with van der Waals surface area (Å²) in [5, 5.41) is 0. The number of benzene rings is 1. The molecular formula is C9H11NOS. The summed E-state index contributed by atoms with van der Waals surface area (Å²) in [6.07, 6.45) is 0.778. The van der Waals surface area contributed by atoms with Crippen molar-refractivity contribution in [2.45, 2.75) is 17.5 Å². The molecule has 1 aromatic rings. The lowest BCUT2D eigenvalue weighted by Gasteiger charge is -2.10. The number of ether oxygens (including phenoxy) is 1. The highest BCUT2D eigenvalue weighted by Gasteiger charge is 2.13. The summed E-state index contributed by atoms with van der Waals surface area (Å²) in [5.41, 5.74) is 5.71. The van der Waals surface area contributed by atoms with E-state index in [4.69, 9.17) is 10.5 Å². The molecule has 0 aliphatic carbocycles. The van der Waals surface area contributed by atoms with Gasteiger partial charge in [-0.05, 0) is 12.1 Å². The Morgan fingerprint density at radius 2 is 2.25 bits per heavy atom. The lowest BCUT2D eigenvalue weighted by Crippen LogP contribution is -2.26. The average Bonchev–Trinajstić information content (AvgIpc) is 2.25. The molecule has 2 N–H and O–H groups in total. The van der Waals surface area contributed by atoms with Gasteiger partial charge in [-0.25, -0.2) is 0 Å². The molecule has 2 nitrogen and oxygen atoms in total. The van der Waals surface area contributed by atoms with Gasteiger partial charge in [-0.1, -0.05) is 12.1 Å². The van der Waals surface area contributed by atoms with Crippen LogP contribution in [0.3, 0.4) is 0 Å². The number of fused-ring (bicyclic) bond motifs is 1. The number of rotatable bonds is 0. The van der Waals surface area contributed by atoms with Gasteiger partial charge >= 0.3 is 0 Å². The first-order valence-electron chi connectivity index (χ1n) is 4.00. The third-order valence-electron chi connectivity index (χ3n) is 1.79. The van der Waals surface area contributed by atoms with Crippen molar-refractivity contribution >= 4 is 11.8 Å². The Hall–Kier alpha value is -0.670. The van der Waals surface area contributed by atoms with Gasteiger partial charge in [0, 0.05) is 17.1 Å². The van der Waals surface area contributed by atoms with E-state index in [0.29, 0.717) is 0 Å². The van der Waals surface area contributed by atoms with Crippen molar-refractivity contribution in [3.8, 4) is 5.75 Å². The lowest BCUT2D eigenvalue weighted by atomic mass is 10.3. The Morgan fingerprint density at radius 1 is 1.42 bits per heavy atom. The molecular weight excluding hydrogens is 170 g/mol. The predicted molar refractivity (Wildman–Crippen MR) is 50.4 cm³/mol. The Balaban J connectivity index is 2.31. The molecule has 0 amide bonds. The van der Waals surface area contributed by atoms with E-state index in [1.54, 1.807) is 0 Å². The van der Waals surface area contributed by atoms with Crippen LogP contribution in [0.1, 0.15) is 6.42 Å². The number of nitrogens with two attached hydrogens (primary N) is 1. The molecule has 1 aromatic carbocycles. The van der Waals surface area contributed by atoms with Crippen molar-refractivity contribution in [2.24, 2.45) is 5.73 Å². The zero-order chi connectivity index (χ0) is 8.39. The van der Waals surface area contributed by atoms with E-state index in [0.717, 1.165) is 17.9 Å².